The third-order valence-corrected chi connectivity index (χ3v) is 6.94. The van der Waals surface area contributed by atoms with E-state index < -0.39 is 32.8 Å². The Morgan fingerprint density at radius 3 is 2.53 bits per heavy atom. The van der Waals surface area contributed by atoms with Gasteiger partial charge in [0, 0.05) is 37.4 Å². The summed E-state index contributed by atoms with van der Waals surface area (Å²) in [6.07, 6.45) is 2.25. The molecule has 1 aliphatic heterocycles. The summed E-state index contributed by atoms with van der Waals surface area (Å²) in [6.45, 7) is 2.58. The number of carboxylic acids is 1. The first-order chi connectivity index (χ1) is 16.0. The van der Waals surface area contributed by atoms with E-state index in [1.54, 1.807) is 17.0 Å². The fraction of sp³-hybridized carbons (Fsp3) is 0.318. The van der Waals surface area contributed by atoms with Gasteiger partial charge in [0.25, 0.3) is 0 Å². The van der Waals surface area contributed by atoms with Gasteiger partial charge in [0.2, 0.25) is 15.5 Å². The summed E-state index contributed by atoms with van der Waals surface area (Å²) in [5.74, 6) is -2.02. The van der Waals surface area contributed by atoms with Crippen LogP contribution < -0.4 is 21.2 Å². The number of hydrogen-bond acceptors (Lipinski definition) is 7. The van der Waals surface area contributed by atoms with Gasteiger partial charge in [-0.15, -0.1) is 0 Å². The number of anilines is 1. The maximum absolute atomic E-state index is 15.2. The number of carboxylic acid groups (broad SMARTS) is 1. The molecule has 0 aliphatic carbocycles. The molecular weight excluding hydrogens is 465 g/mol. The van der Waals surface area contributed by atoms with Crippen molar-refractivity contribution >= 4 is 32.8 Å². The first kappa shape index (κ1) is 23.8. The number of aromatic nitrogens is 2. The molecule has 1 atom stereocenters. The molecule has 180 valence electrons. The molecule has 1 fully saturated rings. The molecule has 1 aliphatic rings. The Kier molecular flexibility index (Phi) is 6.14. The average Bonchev–Trinajstić information content (AvgIpc) is 3.20. The largest absolute Gasteiger partial charge is 0.477 e. The lowest BCUT2D eigenvalue weighted by atomic mass is 10.1. The van der Waals surface area contributed by atoms with E-state index >= 15 is 4.39 Å². The highest BCUT2D eigenvalue weighted by Gasteiger charge is 2.27. The predicted octanol–water partition coefficient (Wildman–Crippen LogP) is 0.970. The van der Waals surface area contributed by atoms with E-state index in [-0.39, 0.29) is 39.9 Å². The summed E-state index contributed by atoms with van der Waals surface area (Å²) in [5, 5.41) is 14.6. The lowest BCUT2D eigenvalue weighted by Crippen LogP contribution is -2.29. The predicted molar refractivity (Wildman–Crippen MR) is 124 cm³/mol. The molecule has 0 spiro atoms. The van der Waals surface area contributed by atoms with E-state index in [1.165, 1.54) is 29.8 Å². The molecule has 12 heteroatoms. The van der Waals surface area contributed by atoms with E-state index in [0.717, 1.165) is 5.56 Å². The lowest BCUT2D eigenvalue weighted by molar-refractivity contribution is 0.0694. The van der Waals surface area contributed by atoms with Gasteiger partial charge >= 0.3 is 5.97 Å². The number of carbonyl (C=O) groups is 1. The number of nitrogens with zero attached hydrogens (tertiary/aromatic N) is 3. The normalized spacial score (nSPS) is 16.4. The van der Waals surface area contributed by atoms with Crippen molar-refractivity contribution < 1.29 is 22.7 Å². The van der Waals surface area contributed by atoms with Gasteiger partial charge < -0.3 is 20.3 Å². The van der Waals surface area contributed by atoms with Gasteiger partial charge in [-0.25, -0.2) is 27.7 Å². The first-order valence-electron chi connectivity index (χ1n) is 10.6. The zero-order chi connectivity index (χ0) is 24.8. The number of aromatic carboxylic acids is 1. The Morgan fingerprint density at radius 2 is 1.97 bits per heavy atom. The molecule has 1 unspecified atom stereocenters. The molecule has 0 bridgehead atoms. The van der Waals surface area contributed by atoms with Crippen molar-refractivity contribution in [1.29, 1.82) is 0 Å². The minimum atomic E-state index is -3.83. The Balaban J connectivity index is 1.81. The van der Waals surface area contributed by atoms with Crippen LogP contribution >= 0.6 is 0 Å². The van der Waals surface area contributed by atoms with Crippen LogP contribution in [-0.2, 0) is 23.0 Å². The average molecular weight is 490 g/mol. The zero-order valence-electron chi connectivity index (χ0n) is 18.4. The van der Waals surface area contributed by atoms with Gasteiger partial charge in [-0.05, 0) is 37.5 Å². The van der Waals surface area contributed by atoms with E-state index in [0.29, 0.717) is 25.9 Å². The van der Waals surface area contributed by atoms with Crippen molar-refractivity contribution in [1.82, 2.24) is 9.55 Å². The van der Waals surface area contributed by atoms with E-state index in [1.807, 2.05) is 0 Å². The van der Waals surface area contributed by atoms with Gasteiger partial charge in [-0.1, -0.05) is 12.1 Å². The molecule has 1 saturated heterocycles. The van der Waals surface area contributed by atoms with E-state index in [2.05, 4.69) is 4.98 Å². The standard InChI is InChI=1S/C22H24FN5O5S/c1-12-17-19(29)16(22(30)31)11-28(8-6-13-2-4-15(5-3-13)34(25,32)33)20(17)26-21(18(12)23)27-9-7-14(24)10-27/h2-5,11,14H,6-10,24H2,1H3,(H,30,31)(H2,25,32,33). The SMILES string of the molecule is Cc1c(F)c(N2CCC(N)C2)nc2c1c(=O)c(C(=O)O)cn2CCc1ccc(S(N)(=O)=O)cc1. The highest BCUT2D eigenvalue weighted by atomic mass is 32.2. The van der Waals surface area contributed by atoms with Crippen molar-refractivity contribution in [3.05, 3.63) is 63.2 Å². The van der Waals surface area contributed by atoms with Gasteiger partial charge in [0.15, 0.2) is 11.6 Å². The molecule has 2 aromatic heterocycles. The number of rotatable bonds is 6. The topological polar surface area (TPSA) is 162 Å². The van der Waals surface area contributed by atoms with Crippen LogP contribution in [-0.4, -0.2) is 48.2 Å². The minimum absolute atomic E-state index is 0.0276. The molecular formula is C22H24FN5O5S. The molecule has 0 amide bonds. The lowest BCUT2D eigenvalue weighted by Gasteiger charge is -2.21. The molecule has 34 heavy (non-hydrogen) atoms. The summed E-state index contributed by atoms with van der Waals surface area (Å²) in [5.41, 5.74) is 5.62. The number of fused-ring (bicyclic) bond motifs is 1. The maximum atomic E-state index is 15.2. The van der Waals surface area contributed by atoms with Crippen LogP contribution in [0.3, 0.4) is 0 Å². The fourth-order valence-corrected chi connectivity index (χ4v) is 4.66. The molecule has 0 saturated carbocycles. The second-order valence-electron chi connectivity index (χ2n) is 8.38. The summed E-state index contributed by atoms with van der Waals surface area (Å²) in [7, 11) is -3.83. The Labute approximate surface area is 194 Å². The number of sulfonamides is 1. The molecule has 1 aromatic carbocycles. The smallest absolute Gasteiger partial charge is 0.341 e. The van der Waals surface area contributed by atoms with Gasteiger partial charge in [-0.3, -0.25) is 4.79 Å². The zero-order valence-corrected chi connectivity index (χ0v) is 19.2. The summed E-state index contributed by atoms with van der Waals surface area (Å²) >= 11 is 0. The van der Waals surface area contributed by atoms with Crippen LogP contribution in [0.15, 0.2) is 40.2 Å². The van der Waals surface area contributed by atoms with Crippen LogP contribution in [0.2, 0.25) is 0 Å². The van der Waals surface area contributed by atoms with Gasteiger partial charge in [-0.2, -0.15) is 0 Å². The number of benzene rings is 1. The number of hydrogen-bond donors (Lipinski definition) is 3. The summed E-state index contributed by atoms with van der Waals surface area (Å²) < 4.78 is 39.7. The number of aryl methyl sites for hydroxylation is 3. The van der Waals surface area contributed by atoms with Crippen molar-refractivity contribution in [2.75, 3.05) is 18.0 Å². The molecule has 4 rings (SSSR count). The Bertz CT molecular complexity index is 1450. The van der Waals surface area contributed by atoms with E-state index in [4.69, 9.17) is 10.9 Å². The van der Waals surface area contributed by atoms with E-state index in [9.17, 15) is 23.1 Å². The molecule has 0 radical (unpaired) electrons. The van der Waals surface area contributed by atoms with Gasteiger partial charge in [0.05, 0.1) is 10.3 Å². The Hall–Kier alpha value is -3.35. The molecule has 5 N–H and O–H groups in total. The van der Waals surface area contributed by atoms with Crippen LogP contribution in [0.25, 0.3) is 11.0 Å². The number of pyridine rings is 2. The maximum Gasteiger partial charge on any atom is 0.341 e. The van der Waals surface area contributed by atoms with Crippen LogP contribution in [0.1, 0.15) is 27.9 Å². The Morgan fingerprint density at radius 1 is 1.29 bits per heavy atom. The number of halogens is 1. The highest BCUT2D eigenvalue weighted by molar-refractivity contribution is 7.89. The van der Waals surface area contributed by atoms with Crippen molar-refractivity contribution in [2.45, 2.75) is 37.2 Å². The summed E-state index contributed by atoms with van der Waals surface area (Å²) in [4.78, 5) is 30.7. The van der Waals surface area contributed by atoms with Crippen LogP contribution in [0.4, 0.5) is 10.2 Å². The monoisotopic (exact) mass is 489 g/mol. The van der Waals surface area contributed by atoms with Gasteiger partial charge in [0.1, 0.15) is 11.2 Å². The molecule has 3 aromatic rings. The second kappa shape index (κ2) is 8.78. The quantitative estimate of drug-likeness (QED) is 0.461. The third-order valence-electron chi connectivity index (χ3n) is 6.01. The summed E-state index contributed by atoms with van der Waals surface area (Å²) in [6, 6.07) is 5.83. The molecule has 10 nitrogen and oxygen atoms in total. The number of nitrogens with two attached hydrogens (primary N) is 2. The van der Waals surface area contributed by atoms with Crippen LogP contribution in [0, 0.1) is 12.7 Å². The first-order valence-corrected chi connectivity index (χ1v) is 12.1. The number of primary sulfonamides is 1. The second-order valence-corrected chi connectivity index (χ2v) is 9.94. The van der Waals surface area contributed by atoms with Crippen molar-refractivity contribution in [3.8, 4) is 0 Å². The molecule has 3 heterocycles. The minimum Gasteiger partial charge on any atom is -0.477 e. The highest BCUT2D eigenvalue weighted by Crippen LogP contribution is 2.28. The van der Waals surface area contributed by atoms with Crippen LogP contribution in [0.5, 0.6) is 0 Å². The third kappa shape index (κ3) is 4.39. The van der Waals surface area contributed by atoms with Crippen molar-refractivity contribution in [3.63, 3.8) is 0 Å². The van der Waals surface area contributed by atoms with Crippen molar-refractivity contribution in [2.24, 2.45) is 10.9 Å². The fourth-order valence-electron chi connectivity index (χ4n) is 4.15.